The fourth-order valence-corrected chi connectivity index (χ4v) is 1.64. The Bertz CT molecular complexity index is 509. The molecule has 3 N–H and O–H groups in total. The van der Waals surface area contributed by atoms with E-state index in [0.717, 1.165) is 11.1 Å². The molecule has 1 aromatic carbocycles. The maximum atomic E-state index is 11.1. The molecule has 1 heterocycles. The molecule has 0 radical (unpaired) electrons. The molecule has 1 aromatic heterocycles. The second-order valence-electron chi connectivity index (χ2n) is 3.84. The topological polar surface area (TPSA) is 85.8 Å². The smallest absolute Gasteiger partial charge is 0.234 e. The molecule has 6 heteroatoms. The van der Waals surface area contributed by atoms with Crippen LogP contribution in [0.3, 0.4) is 0 Å². The molecule has 0 bridgehead atoms. The fraction of sp³-hybridized carbons (Fsp3) is 0.250. The minimum atomic E-state index is -0.162. The zero-order valence-corrected chi connectivity index (χ0v) is 9.91. The average Bonchev–Trinajstić information content (AvgIpc) is 2.90. The van der Waals surface area contributed by atoms with E-state index in [9.17, 15) is 4.79 Å². The van der Waals surface area contributed by atoms with Gasteiger partial charge in [0, 0.05) is 6.54 Å². The number of carbonyl (C=O) groups excluding carboxylic acids is 1. The highest BCUT2D eigenvalue weighted by atomic mass is 16.1. The highest BCUT2D eigenvalue weighted by molar-refractivity contribution is 5.77. The highest BCUT2D eigenvalue weighted by Gasteiger charge is 2.04. The number of nitrogens with zero attached hydrogens (tertiary/aromatic N) is 3. The molecular formula is C12H15N5O. The van der Waals surface area contributed by atoms with Crippen molar-refractivity contribution in [1.82, 2.24) is 20.1 Å². The molecule has 0 aliphatic rings. The van der Waals surface area contributed by atoms with Crippen LogP contribution in [0, 0.1) is 0 Å². The molecule has 0 atom stereocenters. The van der Waals surface area contributed by atoms with Gasteiger partial charge in [-0.3, -0.25) is 4.79 Å². The van der Waals surface area contributed by atoms with Crippen LogP contribution in [0.5, 0.6) is 0 Å². The normalized spacial score (nSPS) is 10.3. The van der Waals surface area contributed by atoms with Gasteiger partial charge in [0.1, 0.15) is 12.7 Å². The summed E-state index contributed by atoms with van der Waals surface area (Å²) in [5, 5.41) is 6.82. The van der Waals surface area contributed by atoms with Crippen molar-refractivity contribution < 1.29 is 4.79 Å². The van der Waals surface area contributed by atoms with Crippen LogP contribution in [0.2, 0.25) is 0 Å². The largest absolute Gasteiger partial charge is 0.351 e. The van der Waals surface area contributed by atoms with Crippen molar-refractivity contribution in [3.05, 3.63) is 48.0 Å². The minimum absolute atomic E-state index is 0.00520. The molecular weight excluding hydrogens is 230 g/mol. The number of nitrogens with one attached hydrogen (secondary N) is 1. The summed E-state index contributed by atoms with van der Waals surface area (Å²) in [6, 6.07) is 7.88. The van der Waals surface area contributed by atoms with Gasteiger partial charge in [-0.2, -0.15) is 5.10 Å². The molecule has 0 spiro atoms. The van der Waals surface area contributed by atoms with E-state index in [2.05, 4.69) is 15.4 Å². The first-order valence-electron chi connectivity index (χ1n) is 5.65. The molecule has 2 rings (SSSR count). The molecule has 0 fully saturated rings. The first kappa shape index (κ1) is 12.3. The number of amides is 1. The van der Waals surface area contributed by atoms with Gasteiger partial charge < -0.3 is 11.1 Å². The molecule has 0 saturated heterocycles. The Hall–Kier alpha value is -2.21. The van der Waals surface area contributed by atoms with Gasteiger partial charge in [-0.25, -0.2) is 9.67 Å². The van der Waals surface area contributed by atoms with Crippen LogP contribution in [-0.4, -0.2) is 27.2 Å². The first-order valence-corrected chi connectivity index (χ1v) is 5.65. The Kier molecular flexibility index (Phi) is 4.03. The van der Waals surface area contributed by atoms with Crippen LogP contribution in [0.4, 0.5) is 0 Å². The molecule has 94 valence electrons. The summed E-state index contributed by atoms with van der Waals surface area (Å²) < 4.78 is 1.74. The lowest BCUT2D eigenvalue weighted by Gasteiger charge is -2.10. The van der Waals surface area contributed by atoms with Crippen LogP contribution >= 0.6 is 0 Å². The van der Waals surface area contributed by atoms with Gasteiger partial charge in [-0.05, 0) is 11.1 Å². The van der Waals surface area contributed by atoms with Crippen molar-refractivity contribution in [3.63, 3.8) is 0 Å². The van der Waals surface area contributed by atoms with Crippen LogP contribution in [-0.2, 0) is 17.9 Å². The Morgan fingerprint density at radius 1 is 1.33 bits per heavy atom. The van der Waals surface area contributed by atoms with Crippen molar-refractivity contribution in [1.29, 1.82) is 0 Å². The fourth-order valence-electron chi connectivity index (χ4n) is 1.64. The standard InChI is InChI=1S/C12H15N5O/c13-5-12(18)15-6-10-3-1-2-4-11(10)7-17-9-14-8-16-17/h1-4,8-9H,5-7,13H2,(H,15,18). The third-order valence-corrected chi connectivity index (χ3v) is 2.58. The van der Waals surface area contributed by atoms with E-state index in [4.69, 9.17) is 5.73 Å². The number of benzene rings is 1. The van der Waals surface area contributed by atoms with E-state index < -0.39 is 0 Å². The molecule has 0 aliphatic carbocycles. The molecule has 0 saturated carbocycles. The third kappa shape index (κ3) is 3.14. The monoisotopic (exact) mass is 245 g/mol. The summed E-state index contributed by atoms with van der Waals surface area (Å²) in [6.45, 7) is 1.11. The van der Waals surface area contributed by atoms with Crippen molar-refractivity contribution in [2.24, 2.45) is 5.73 Å². The summed E-state index contributed by atoms with van der Waals surface area (Å²) in [7, 11) is 0. The Labute approximate surface area is 105 Å². The van der Waals surface area contributed by atoms with Crippen molar-refractivity contribution in [2.75, 3.05) is 6.54 Å². The number of aromatic nitrogens is 3. The number of hydrogen-bond donors (Lipinski definition) is 2. The van der Waals surface area contributed by atoms with E-state index in [1.54, 1.807) is 11.0 Å². The summed E-state index contributed by atoms with van der Waals surface area (Å²) in [6.07, 6.45) is 3.16. The summed E-state index contributed by atoms with van der Waals surface area (Å²) in [4.78, 5) is 15.1. The van der Waals surface area contributed by atoms with Crippen LogP contribution < -0.4 is 11.1 Å². The zero-order chi connectivity index (χ0) is 12.8. The van der Waals surface area contributed by atoms with E-state index in [0.29, 0.717) is 13.1 Å². The highest BCUT2D eigenvalue weighted by Crippen LogP contribution is 2.09. The molecule has 1 amide bonds. The lowest BCUT2D eigenvalue weighted by molar-refractivity contribution is -0.119. The van der Waals surface area contributed by atoms with Crippen LogP contribution in [0.25, 0.3) is 0 Å². The Morgan fingerprint density at radius 2 is 2.11 bits per heavy atom. The van der Waals surface area contributed by atoms with Crippen molar-refractivity contribution in [3.8, 4) is 0 Å². The van der Waals surface area contributed by atoms with Gasteiger partial charge in [0.25, 0.3) is 0 Å². The van der Waals surface area contributed by atoms with Crippen molar-refractivity contribution >= 4 is 5.91 Å². The molecule has 18 heavy (non-hydrogen) atoms. The quantitative estimate of drug-likeness (QED) is 0.770. The lowest BCUT2D eigenvalue weighted by Crippen LogP contribution is -2.30. The van der Waals surface area contributed by atoms with Gasteiger partial charge in [0.05, 0.1) is 13.1 Å². The number of carbonyl (C=O) groups is 1. The lowest BCUT2D eigenvalue weighted by atomic mass is 10.1. The molecule has 6 nitrogen and oxygen atoms in total. The summed E-state index contributed by atoms with van der Waals surface area (Å²) >= 11 is 0. The van der Waals surface area contributed by atoms with Gasteiger partial charge >= 0.3 is 0 Å². The van der Waals surface area contributed by atoms with E-state index in [-0.39, 0.29) is 12.5 Å². The molecule has 2 aromatic rings. The first-order chi connectivity index (χ1) is 8.79. The predicted octanol–water partition coefficient (Wildman–Crippen LogP) is -0.0987. The van der Waals surface area contributed by atoms with Crippen molar-refractivity contribution in [2.45, 2.75) is 13.1 Å². The second kappa shape index (κ2) is 5.92. The number of rotatable bonds is 5. The number of hydrogen-bond acceptors (Lipinski definition) is 4. The van der Waals surface area contributed by atoms with E-state index in [1.165, 1.54) is 6.33 Å². The second-order valence-corrected chi connectivity index (χ2v) is 3.84. The summed E-state index contributed by atoms with van der Waals surface area (Å²) in [5.41, 5.74) is 7.40. The van der Waals surface area contributed by atoms with Gasteiger partial charge in [0.15, 0.2) is 0 Å². The van der Waals surface area contributed by atoms with Crippen LogP contribution in [0.1, 0.15) is 11.1 Å². The SMILES string of the molecule is NCC(=O)NCc1ccccc1Cn1cncn1. The maximum absolute atomic E-state index is 11.1. The Balaban J connectivity index is 2.08. The minimum Gasteiger partial charge on any atom is -0.351 e. The van der Waals surface area contributed by atoms with Gasteiger partial charge in [-0.15, -0.1) is 0 Å². The predicted molar refractivity (Wildman–Crippen MR) is 66.5 cm³/mol. The van der Waals surface area contributed by atoms with Gasteiger partial charge in [0.2, 0.25) is 5.91 Å². The summed E-state index contributed by atoms with van der Waals surface area (Å²) in [5.74, 6) is -0.162. The maximum Gasteiger partial charge on any atom is 0.234 e. The Morgan fingerprint density at radius 3 is 2.78 bits per heavy atom. The van der Waals surface area contributed by atoms with E-state index >= 15 is 0 Å². The van der Waals surface area contributed by atoms with Crippen LogP contribution in [0.15, 0.2) is 36.9 Å². The van der Waals surface area contributed by atoms with E-state index in [1.807, 2.05) is 24.3 Å². The molecule has 0 unspecified atom stereocenters. The molecule has 0 aliphatic heterocycles. The zero-order valence-electron chi connectivity index (χ0n) is 9.91. The number of nitrogens with two attached hydrogens (primary N) is 1. The average molecular weight is 245 g/mol. The third-order valence-electron chi connectivity index (χ3n) is 2.58. The van der Waals surface area contributed by atoms with Gasteiger partial charge in [-0.1, -0.05) is 24.3 Å².